The molecule has 0 heterocycles. The maximum atomic E-state index is 12.5. The van der Waals surface area contributed by atoms with Crippen molar-refractivity contribution in [2.75, 3.05) is 0 Å². The highest BCUT2D eigenvalue weighted by atomic mass is 16.2. The molecule has 0 atom stereocenters. The van der Waals surface area contributed by atoms with E-state index in [1.165, 1.54) is 12.8 Å². The molecule has 0 aromatic heterocycles. The predicted molar refractivity (Wildman–Crippen MR) is 88.7 cm³/mol. The first kappa shape index (κ1) is 16.7. The van der Waals surface area contributed by atoms with E-state index in [9.17, 15) is 9.59 Å². The fourth-order valence-corrected chi connectivity index (χ4v) is 2.99. The first-order valence-corrected chi connectivity index (χ1v) is 8.28. The molecule has 1 N–H and O–H groups in total. The van der Waals surface area contributed by atoms with E-state index in [0.29, 0.717) is 5.56 Å². The number of hydrogen-bond acceptors (Lipinski definition) is 2. The molecule has 2 rings (SSSR count). The number of nitrogens with one attached hydrogen (secondary N) is 1. The van der Waals surface area contributed by atoms with E-state index in [1.807, 2.05) is 32.0 Å². The number of Topliss-reactive ketones (excluding diaryl/α,β-unsaturated/α-hetero) is 1. The molecular formula is C19H27NO2. The highest BCUT2D eigenvalue weighted by Gasteiger charge is 2.32. The lowest BCUT2D eigenvalue weighted by molar-refractivity contribution is -0.130. The molecule has 0 bridgehead atoms. The third-order valence-electron chi connectivity index (χ3n) is 4.66. The molecule has 0 saturated heterocycles. The molecule has 22 heavy (non-hydrogen) atoms. The number of amides is 1. The van der Waals surface area contributed by atoms with Crippen molar-refractivity contribution in [2.45, 2.75) is 58.9 Å². The van der Waals surface area contributed by atoms with Gasteiger partial charge in [-0.3, -0.25) is 9.59 Å². The SMILES string of the molecule is CC1CCC(NC(=O)C(C)(C)CC(=O)c2ccccc2)CC1. The summed E-state index contributed by atoms with van der Waals surface area (Å²) in [6, 6.07) is 9.47. The van der Waals surface area contributed by atoms with Crippen LogP contribution in [-0.4, -0.2) is 17.7 Å². The Hall–Kier alpha value is -1.64. The van der Waals surface area contributed by atoms with Crippen LogP contribution in [0.4, 0.5) is 0 Å². The zero-order valence-electron chi connectivity index (χ0n) is 13.9. The summed E-state index contributed by atoms with van der Waals surface area (Å²) in [5.74, 6) is 0.787. The maximum Gasteiger partial charge on any atom is 0.226 e. The Bertz CT molecular complexity index is 513. The van der Waals surface area contributed by atoms with Gasteiger partial charge in [0.2, 0.25) is 5.91 Å². The molecule has 1 aliphatic rings. The van der Waals surface area contributed by atoms with E-state index in [1.54, 1.807) is 12.1 Å². The van der Waals surface area contributed by atoms with Crippen LogP contribution in [0.25, 0.3) is 0 Å². The van der Waals surface area contributed by atoms with Crippen molar-refractivity contribution in [3.63, 3.8) is 0 Å². The van der Waals surface area contributed by atoms with Gasteiger partial charge >= 0.3 is 0 Å². The van der Waals surface area contributed by atoms with Gasteiger partial charge in [0.25, 0.3) is 0 Å². The van der Waals surface area contributed by atoms with Gasteiger partial charge < -0.3 is 5.32 Å². The highest BCUT2D eigenvalue weighted by molar-refractivity contribution is 5.99. The zero-order chi connectivity index (χ0) is 16.2. The minimum atomic E-state index is -0.671. The van der Waals surface area contributed by atoms with E-state index in [-0.39, 0.29) is 24.2 Å². The topological polar surface area (TPSA) is 46.2 Å². The standard InChI is InChI=1S/C19H27NO2/c1-14-9-11-16(12-10-14)20-18(22)19(2,3)13-17(21)15-7-5-4-6-8-15/h4-8,14,16H,9-13H2,1-3H3,(H,20,22). The van der Waals surface area contributed by atoms with Crippen molar-refractivity contribution in [3.05, 3.63) is 35.9 Å². The molecule has 0 aliphatic heterocycles. The highest BCUT2D eigenvalue weighted by Crippen LogP contribution is 2.27. The normalized spacial score (nSPS) is 22.1. The van der Waals surface area contributed by atoms with Crippen LogP contribution in [0.2, 0.25) is 0 Å². The van der Waals surface area contributed by atoms with Gasteiger partial charge in [0.15, 0.2) is 5.78 Å². The number of carbonyl (C=O) groups is 2. The van der Waals surface area contributed by atoms with Crippen LogP contribution in [-0.2, 0) is 4.79 Å². The first-order chi connectivity index (χ1) is 10.4. The van der Waals surface area contributed by atoms with Gasteiger partial charge in [0.1, 0.15) is 0 Å². The molecule has 3 nitrogen and oxygen atoms in total. The lowest BCUT2D eigenvalue weighted by Crippen LogP contribution is -2.45. The van der Waals surface area contributed by atoms with E-state index >= 15 is 0 Å². The second-order valence-electron chi connectivity index (χ2n) is 7.28. The summed E-state index contributed by atoms with van der Waals surface area (Å²) in [6.07, 6.45) is 4.69. The predicted octanol–water partition coefficient (Wildman–Crippen LogP) is 3.98. The van der Waals surface area contributed by atoms with Crippen LogP contribution in [0.3, 0.4) is 0 Å². The van der Waals surface area contributed by atoms with Crippen molar-refractivity contribution < 1.29 is 9.59 Å². The molecular weight excluding hydrogens is 274 g/mol. The van der Waals surface area contributed by atoms with Crippen molar-refractivity contribution in [3.8, 4) is 0 Å². The molecule has 0 unspecified atom stereocenters. The average Bonchev–Trinajstić information content (AvgIpc) is 2.50. The van der Waals surface area contributed by atoms with Gasteiger partial charge in [-0.1, -0.05) is 51.1 Å². The van der Waals surface area contributed by atoms with Gasteiger partial charge in [0.05, 0.1) is 5.41 Å². The van der Waals surface area contributed by atoms with Gasteiger partial charge in [-0.05, 0) is 31.6 Å². The lowest BCUT2D eigenvalue weighted by atomic mass is 9.83. The van der Waals surface area contributed by atoms with E-state index in [0.717, 1.165) is 18.8 Å². The summed E-state index contributed by atoms with van der Waals surface area (Å²) in [5.41, 5.74) is 0.00516. The number of rotatable bonds is 5. The quantitative estimate of drug-likeness (QED) is 0.836. The second-order valence-corrected chi connectivity index (χ2v) is 7.28. The fourth-order valence-electron chi connectivity index (χ4n) is 2.99. The van der Waals surface area contributed by atoms with Crippen molar-refractivity contribution in [1.82, 2.24) is 5.32 Å². The minimum Gasteiger partial charge on any atom is -0.353 e. The van der Waals surface area contributed by atoms with Crippen LogP contribution >= 0.6 is 0 Å². The van der Waals surface area contributed by atoms with Crippen LogP contribution in [0.5, 0.6) is 0 Å². The smallest absolute Gasteiger partial charge is 0.226 e. The van der Waals surface area contributed by atoms with E-state index in [2.05, 4.69) is 12.2 Å². The number of carbonyl (C=O) groups excluding carboxylic acids is 2. The third-order valence-corrected chi connectivity index (χ3v) is 4.66. The van der Waals surface area contributed by atoms with Gasteiger partial charge in [-0.15, -0.1) is 0 Å². The zero-order valence-corrected chi connectivity index (χ0v) is 13.9. The Kier molecular flexibility index (Phi) is 5.38. The van der Waals surface area contributed by atoms with Crippen LogP contribution < -0.4 is 5.32 Å². The van der Waals surface area contributed by atoms with E-state index < -0.39 is 5.41 Å². The van der Waals surface area contributed by atoms with Crippen LogP contribution in [0.1, 0.15) is 63.2 Å². The monoisotopic (exact) mass is 301 g/mol. The molecule has 3 heteroatoms. The first-order valence-electron chi connectivity index (χ1n) is 8.28. The Morgan fingerprint density at radius 3 is 2.27 bits per heavy atom. The molecule has 120 valence electrons. The van der Waals surface area contributed by atoms with Gasteiger partial charge in [0, 0.05) is 18.0 Å². The Balaban J connectivity index is 1.91. The minimum absolute atomic E-state index is 0.00339. The maximum absolute atomic E-state index is 12.5. The Morgan fingerprint density at radius 1 is 1.09 bits per heavy atom. The number of ketones is 1. The summed E-state index contributed by atoms with van der Waals surface area (Å²) >= 11 is 0. The van der Waals surface area contributed by atoms with Crippen molar-refractivity contribution in [1.29, 1.82) is 0 Å². The third kappa shape index (κ3) is 4.43. The van der Waals surface area contributed by atoms with Gasteiger partial charge in [-0.2, -0.15) is 0 Å². The molecule has 1 aromatic carbocycles. The van der Waals surface area contributed by atoms with Gasteiger partial charge in [-0.25, -0.2) is 0 Å². The van der Waals surface area contributed by atoms with Crippen LogP contribution in [0.15, 0.2) is 30.3 Å². The second kappa shape index (κ2) is 7.08. The van der Waals surface area contributed by atoms with E-state index in [4.69, 9.17) is 0 Å². The molecule has 1 aromatic rings. The molecule has 0 spiro atoms. The summed E-state index contributed by atoms with van der Waals surface area (Å²) in [5, 5.41) is 3.15. The largest absolute Gasteiger partial charge is 0.353 e. The van der Waals surface area contributed by atoms with Crippen molar-refractivity contribution in [2.24, 2.45) is 11.3 Å². The fraction of sp³-hybridized carbons (Fsp3) is 0.579. The molecule has 1 fully saturated rings. The number of hydrogen-bond donors (Lipinski definition) is 1. The molecule has 1 saturated carbocycles. The summed E-state index contributed by atoms with van der Waals surface area (Å²) in [4.78, 5) is 24.8. The molecule has 0 radical (unpaired) electrons. The summed E-state index contributed by atoms with van der Waals surface area (Å²) in [7, 11) is 0. The molecule has 1 aliphatic carbocycles. The summed E-state index contributed by atoms with van der Waals surface area (Å²) in [6.45, 7) is 5.98. The average molecular weight is 301 g/mol. The Labute approximate surface area is 133 Å². The summed E-state index contributed by atoms with van der Waals surface area (Å²) < 4.78 is 0. The van der Waals surface area contributed by atoms with Crippen molar-refractivity contribution >= 4 is 11.7 Å². The molecule has 1 amide bonds. The van der Waals surface area contributed by atoms with Crippen LogP contribution in [0, 0.1) is 11.3 Å². The lowest BCUT2D eigenvalue weighted by Gasteiger charge is -2.31. The Morgan fingerprint density at radius 2 is 1.68 bits per heavy atom. The number of benzene rings is 1.